The zero-order valence-electron chi connectivity index (χ0n) is 14.7. The van der Waals surface area contributed by atoms with E-state index in [0.29, 0.717) is 29.2 Å². The van der Waals surface area contributed by atoms with E-state index in [1.807, 2.05) is 0 Å². The summed E-state index contributed by atoms with van der Waals surface area (Å²) in [4.78, 5) is 0. The molecule has 1 aromatic carbocycles. The molecule has 28 heavy (non-hydrogen) atoms. The lowest BCUT2D eigenvalue weighted by Crippen LogP contribution is -2.07. The third-order valence-corrected chi connectivity index (χ3v) is 5.79. The van der Waals surface area contributed by atoms with Gasteiger partial charge in [-0.1, -0.05) is 11.8 Å². The molecule has 5 rings (SSSR count). The Hall–Kier alpha value is -2.43. The minimum atomic E-state index is -4.37. The molecule has 0 amide bonds. The number of nitrogens with zero attached hydrogens (tertiary/aromatic N) is 7. The Bertz CT molecular complexity index is 987. The number of benzene rings is 1. The van der Waals surface area contributed by atoms with Gasteiger partial charge >= 0.3 is 6.18 Å². The van der Waals surface area contributed by atoms with Crippen LogP contribution in [0.4, 0.5) is 13.2 Å². The van der Waals surface area contributed by atoms with Crippen LogP contribution in [0, 0.1) is 0 Å². The van der Waals surface area contributed by atoms with E-state index in [9.17, 15) is 13.2 Å². The zero-order valence-corrected chi connectivity index (χ0v) is 15.5. The molecule has 146 valence electrons. The van der Waals surface area contributed by atoms with E-state index in [1.165, 1.54) is 41.4 Å². The Balaban J connectivity index is 1.35. The molecule has 0 N–H and O–H groups in total. The van der Waals surface area contributed by atoms with Gasteiger partial charge in [-0.2, -0.15) is 17.9 Å². The van der Waals surface area contributed by atoms with Crippen molar-refractivity contribution in [2.45, 2.75) is 54.7 Å². The summed E-state index contributed by atoms with van der Waals surface area (Å²) in [7, 11) is 0. The average molecular weight is 407 g/mol. The van der Waals surface area contributed by atoms with E-state index < -0.39 is 11.7 Å². The molecule has 0 unspecified atom stereocenters. The minimum Gasteiger partial charge on any atom is -0.303 e. The molecule has 2 aromatic heterocycles. The van der Waals surface area contributed by atoms with E-state index >= 15 is 0 Å². The molecule has 2 fully saturated rings. The number of tetrazole rings is 1. The lowest BCUT2D eigenvalue weighted by molar-refractivity contribution is -0.137. The van der Waals surface area contributed by atoms with Crippen LogP contribution in [0.15, 0.2) is 29.4 Å². The van der Waals surface area contributed by atoms with Crippen molar-refractivity contribution in [1.29, 1.82) is 0 Å². The molecule has 2 heterocycles. The Morgan fingerprint density at radius 1 is 1.00 bits per heavy atom. The SMILES string of the molecule is FC(F)(F)c1ccc(-n2nnnc2CSc2nnc(C3CC3)n2C2CC2)cc1. The number of aromatic nitrogens is 7. The lowest BCUT2D eigenvalue weighted by atomic mass is 10.2. The molecule has 2 aliphatic rings. The molecule has 0 aliphatic heterocycles. The predicted molar refractivity (Wildman–Crippen MR) is 94.0 cm³/mol. The zero-order chi connectivity index (χ0) is 19.3. The van der Waals surface area contributed by atoms with Crippen LogP contribution in [0.2, 0.25) is 0 Å². The largest absolute Gasteiger partial charge is 0.416 e. The number of hydrogen-bond donors (Lipinski definition) is 0. The highest BCUT2D eigenvalue weighted by Gasteiger charge is 2.36. The van der Waals surface area contributed by atoms with Crippen LogP contribution in [0.1, 0.15) is 54.9 Å². The molecule has 11 heteroatoms. The van der Waals surface area contributed by atoms with Gasteiger partial charge in [-0.25, -0.2) is 0 Å². The van der Waals surface area contributed by atoms with Gasteiger partial charge < -0.3 is 4.57 Å². The van der Waals surface area contributed by atoms with Crippen molar-refractivity contribution in [1.82, 2.24) is 35.0 Å². The highest BCUT2D eigenvalue weighted by atomic mass is 32.2. The smallest absolute Gasteiger partial charge is 0.303 e. The summed E-state index contributed by atoms with van der Waals surface area (Å²) < 4.78 is 42.0. The normalized spacial score (nSPS) is 17.2. The van der Waals surface area contributed by atoms with Gasteiger partial charge in [0.05, 0.1) is 17.0 Å². The Labute approximate surface area is 162 Å². The quantitative estimate of drug-likeness (QED) is 0.579. The summed E-state index contributed by atoms with van der Waals surface area (Å²) in [6.45, 7) is 0. The fourth-order valence-electron chi connectivity index (χ4n) is 3.10. The highest BCUT2D eigenvalue weighted by Crippen LogP contribution is 2.46. The molecule has 0 bridgehead atoms. The maximum Gasteiger partial charge on any atom is 0.416 e. The fraction of sp³-hybridized carbons (Fsp3) is 0.471. The second kappa shape index (κ2) is 6.57. The Morgan fingerprint density at radius 2 is 1.75 bits per heavy atom. The first kappa shape index (κ1) is 17.7. The van der Waals surface area contributed by atoms with Gasteiger partial charge in [0, 0.05) is 12.0 Å². The van der Waals surface area contributed by atoms with Crippen molar-refractivity contribution in [3.8, 4) is 5.69 Å². The highest BCUT2D eigenvalue weighted by molar-refractivity contribution is 7.98. The molecule has 3 aromatic rings. The molecule has 7 nitrogen and oxygen atoms in total. The second-order valence-corrected chi connectivity index (χ2v) is 8.00. The molecule has 0 radical (unpaired) electrons. The minimum absolute atomic E-state index is 0.448. The maximum atomic E-state index is 12.8. The van der Waals surface area contributed by atoms with Gasteiger partial charge in [-0.3, -0.25) is 0 Å². The van der Waals surface area contributed by atoms with E-state index in [2.05, 4.69) is 30.3 Å². The van der Waals surface area contributed by atoms with Crippen molar-refractivity contribution in [2.24, 2.45) is 0 Å². The second-order valence-electron chi connectivity index (χ2n) is 7.06. The third-order valence-electron chi connectivity index (χ3n) is 4.85. The standard InChI is InChI=1S/C17H16F3N7S/c18-17(19,20)11-3-5-13(6-4-11)27-14(21-24-25-27)9-28-16-23-22-15(10-1-2-10)26(16)12-7-8-12/h3-6,10,12H,1-2,7-9H2. The molecule has 0 atom stereocenters. The van der Waals surface area contributed by atoms with Crippen molar-refractivity contribution >= 4 is 11.8 Å². The average Bonchev–Trinajstić information content (AvgIpc) is 3.60. The van der Waals surface area contributed by atoms with Crippen LogP contribution in [0.25, 0.3) is 5.69 Å². The van der Waals surface area contributed by atoms with Crippen LogP contribution in [0.5, 0.6) is 0 Å². The van der Waals surface area contributed by atoms with Gasteiger partial charge in [-0.05, 0) is 60.4 Å². The van der Waals surface area contributed by atoms with Crippen LogP contribution < -0.4 is 0 Å². The Morgan fingerprint density at radius 3 is 2.39 bits per heavy atom. The van der Waals surface area contributed by atoms with Crippen molar-refractivity contribution in [3.63, 3.8) is 0 Å². The monoisotopic (exact) mass is 407 g/mol. The number of hydrogen-bond acceptors (Lipinski definition) is 6. The third kappa shape index (κ3) is 3.38. The van der Waals surface area contributed by atoms with E-state index in [4.69, 9.17) is 0 Å². The van der Waals surface area contributed by atoms with Crippen LogP contribution >= 0.6 is 11.8 Å². The topological polar surface area (TPSA) is 74.3 Å². The summed E-state index contributed by atoms with van der Waals surface area (Å²) >= 11 is 1.50. The van der Waals surface area contributed by atoms with Crippen molar-refractivity contribution in [2.75, 3.05) is 0 Å². The van der Waals surface area contributed by atoms with Gasteiger partial charge in [0.1, 0.15) is 5.82 Å². The molecular formula is C17H16F3N7S. The fourth-order valence-corrected chi connectivity index (χ4v) is 4.02. The Kier molecular flexibility index (Phi) is 4.14. The van der Waals surface area contributed by atoms with Crippen LogP contribution in [-0.4, -0.2) is 35.0 Å². The van der Waals surface area contributed by atoms with Crippen LogP contribution in [-0.2, 0) is 11.9 Å². The molecule has 2 saturated carbocycles. The summed E-state index contributed by atoms with van der Waals surface area (Å²) in [5, 5.41) is 21.2. The summed E-state index contributed by atoms with van der Waals surface area (Å²) in [6, 6.07) is 5.27. The number of alkyl halides is 3. The maximum absolute atomic E-state index is 12.8. The summed E-state index contributed by atoms with van der Waals surface area (Å²) in [6.07, 6.45) is 0.260. The summed E-state index contributed by atoms with van der Waals surface area (Å²) in [5.74, 6) is 2.60. The van der Waals surface area contributed by atoms with Gasteiger partial charge in [0.25, 0.3) is 0 Å². The molecule has 0 saturated heterocycles. The first-order chi connectivity index (χ1) is 13.5. The van der Waals surface area contributed by atoms with Crippen molar-refractivity contribution < 1.29 is 13.2 Å². The van der Waals surface area contributed by atoms with Gasteiger partial charge in [0.2, 0.25) is 0 Å². The molecular weight excluding hydrogens is 391 g/mol. The van der Waals surface area contributed by atoms with Crippen LogP contribution in [0.3, 0.4) is 0 Å². The number of thioether (sulfide) groups is 1. The lowest BCUT2D eigenvalue weighted by Gasteiger charge is -2.09. The molecule has 2 aliphatic carbocycles. The van der Waals surface area contributed by atoms with Crippen molar-refractivity contribution in [3.05, 3.63) is 41.5 Å². The summed E-state index contributed by atoms with van der Waals surface area (Å²) in [5.41, 5.74) is -0.221. The van der Waals surface area contributed by atoms with E-state index in [0.717, 1.165) is 36.0 Å². The number of halogens is 3. The van der Waals surface area contributed by atoms with Gasteiger partial charge in [0.15, 0.2) is 11.0 Å². The predicted octanol–water partition coefficient (Wildman–Crippen LogP) is 3.78. The first-order valence-electron chi connectivity index (χ1n) is 9.03. The van der Waals surface area contributed by atoms with E-state index in [-0.39, 0.29) is 0 Å². The number of rotatable bonds is 6. The van der Waals surface area contributed by atoms with Gasteiger partial charge in [-0.15, -0.1) is 15.3 Å². The first-order valence-corrected chi connectivity index (χ1v) is 10.0. The van der Waals surface area contributed by atoms with E-state index in [1.54, 1.807) is 0 Å². The molecule has 0 spiro atoms.